The maximum atomic E-state index is 12.3. The monoisotopic (exact) mass is 287 g/mol. The SMILES string of the molecule is C/C=C/C(=O)NCC1CCN(C(=O)c2cccnc2)CC1. The molecule has 1 fully saturated rings. The molecule has 2 heterocycles. The summed E-state index contributed by atoms with van der Waals surface area (Å²) >= 11 is 0. The van der Waals surface area contributed by atoms with Crippen LogP contribution in [0.1, 0.15) is 30.1 Å². The number of nitrogens with one attached hydrogen (secondary N) is 1. The van der Waals surface area contributed by atoms with E-state index in [1.807, 2.05) is 11.8 Å². The van der Waals surface area contributed by atoms with E-state index < -0.39 is 0 Å². The molecule has 21 heavy (non-hydrogen) atoms. The zero-order valence-corrected chi connectivity index (χ0v) is 12.3. The van der Waals surface area contributed by atoms with Crippen LogP contribution in [0.5, 0.6) is 0 Å². The number of nitrogens with zero attached hydrogens (tertiary/aromatic N) is 2. The summed E-state index contributed by atoms with van der Waals surface area (Å²) in [6.07, 6.45) is 8.36. The zero-order valence-electron chi connectivity index (χ0n) is 12.3. The lowest BCUT2D eigenvalue weighted by molar-refractivity contribution is -0.116. The van der Waals surface area contributed by atoms with Gasteiger partial charge in [0.05, 0.1) is 5.56 Å². The molecule has 1 aromatic heterocycles. The molecule has 0 saturated carbocycles. The average Bonchev–Trinajstić information content (AvgIpc) is 2.54. The number of aromatic nitrogens is 1. The number of hydrogen-bond acceptors (Lipinski definition) is 3. The largest absolute Gasteiger partial charge is 0.352 e. The quantitative estimate of drug-likeness (QED) is 0.856. The summed E-state index contributed by atoms with van der Waals surface area (Å²) in [6, 6.07) is 3.56. The van der Waals surface area contributed by atoms with Crippen LogP contribution in [0, 0.1) is 5.92 Å². The summed E-state index contributed by atoms with van der Waals surface area (Å²) < 4.78 is 0. The van der Waals surface area contributed by atoms with Crippen LogP contribution in [0.25, 0.3) is 0 Å². The number of pyridine rings is 1. The van der Waals surface area contributed by atoms with Crippen molar-refractivity contribution in [1.82, 2.24) is 15.2 Å². The van der Waals surface area contributed by atoms with Crippen LogP contribution in [0.4, 0.5) is 0 Å². The van der Waals surface area contributed by atoms with E-state index in [4.69, 9.17) is 0 Å². The Bertz CT molecular complexity index is 506. The van der Waals surface area contributed by atoms with Gasteiger partial charge in [0.2, 0.25) is 5.91 Å². The van der Waals surface area contributed by atoms with Gasteiger partial charge in [-0.15, -0.1) is 0 Å². The molecule has 1 aromatic rings. The van der Waals surface area contributed by atoms with Crippen LogP contribution in [0.3, 0.4) is 0 Å². The van der Waals surface area contributed by atoms with E-state index in [0.29, 0.717) is 18.0 Å². The summed E-state index contributed by atoms with van der Waals surface area (Å²) in [5.41, 5.74) is 0.636. The predicted molar refractivity (Wildman–Crippen MR) is 80.7 cm³/mol. The molecule has 112 valence electrons. The van der Waals surface area contributed by atoms with Crippen molar-refractivity contribution in [2.24, 2.45) is 5.92 Å². The number of likely N-dealkylation sites (tertiary alicyclic amines) is 1. The van der Waals surface area contributed by atoms with E-state index >= 15 is 0 Å². The highest BCUT2D eigenvalue weighted by Crippen LogP contribution is 2.18. The second-order valence-electron chi connectivity index (χ2n) is 5.22. The molecule has 0 radical (unpaired) electrons. The highest BCUT2D eigenvalue weighted by atomic mass is 16.2. The minimum atomic E-state index is -0.0497. The van der Waals surface area contributed by atoms with Crippen molar-refractivity contribution in [2.45, 2.75) is 19.8 Å². The number of carbonyl (C=O) groups excluding carboxylic acids is 2. The van der Waals surface area contributed by atoms with Crippen molar-refractivity contribution in [1.29, 1.82) is 0 Å². The first-order valence-corrected chi connectivity index (χ1v) is 7.30. The fourth-order valence-corrected chi connectivity index (χ4v) is 2.47. The molecule has 0 aromatic carbocycles. The molecule has 0 atom stereocenters. The lowest BCUT2D eigenvalue weighted by Gasteiger charge is -2.32. The van der Waals surface area contributed by atoms with Gasteiger partial charge in [-0.25, -0.2) is 0 Å². The molecular weight excluding hydrogens is 266 g/mol. The molecule has 2 amide bonds. The van der Waals surface area contributed by atoms with E-state index in [2.05, 4.69) is 10.3 Å². The smallest absolute Gasteiger partial charge is 0.255 e. The van der Waals surface area contributed by atoms with Crippen molar-refractivity contribution in [3.8, 4) is 0 Å². The van der Waals surface area contributed by atoms with Gasteiger partial charge in [-0.05, 0) is 43.9 Å². The molecule has 1 aliphatic rings. The minimum absolute atomic E-state index is 0.0412. The first-order valence-electron chi connectivity index (χ1n) is 7.30. The zero-order chi connectivity index (χ0) is 15.1. The van der Waals surface area contributed by atoms with Crippen LogP contribution in [-0.2, 0) is 4.79 Å². The topological polar surface area (TPSA) is 62.3 Å². The normalized spacial score (nSPS) is 16.1. The van der Waals surface area contributed by atoms with E-state index in [0.717, 1.165) is 25.9 Å². The number of carbonyl (C=O) groups is 2. The summed E-state index contributed by atoms with van der Waals surface area (Å²) in [7, 11) is 0. The van der Waals surface area contributed by atoms with Gasteiger partial charge in [-0.1, -0.05) is 6.08 Å². The maximum absolute atomic E-state index is 12.3. The summed E-state index contributed by atoms with van der Waals surface area (Å²) in [5, 5.41) is 2.89. The highest BCUT2D eigenvalue weighted by molar-refractivity contribution is 5.93. The molecule has 5 heteroatoms. The highest BCUT2D eigenvalue weighted by Gasteiger charge is 2.23. The summed E-state index contributed by atoms with van der Waals surface area (Å²) in [6.45, 7) is 3.97. The third-order valence-electron chi connectivity index (χ3n) is 3.69. The molecule has 0 aliphatic carbocycles. The van der Waals surface area contributed by atoms with E-state index in [1.165, 1.54) is 6.08 Å². The first kappa shape index (κ1) is 15.2. The molecule has 5 nitrogen and oxygen atoms in total. The van der Waals surface area contributed by atoms with Gasteiger partial charge < -0.3 is 10.2 Å². The van der Waals surface area contributed by atoms with Gasteiger partial charge in [-0.2, -0.15) is 0 Å². The number of piperidine rings is 1. The van der Waals surface area contributed by atoms with Gasteiger partial charge in [0.1, 0.15) is 0 Å². The number of allylic oxidation sites excluding steroid dienone is 1. The van der Waals surface area contributed by atoms with Crippen molar-refractivity contribution >= 4 is 11.8 Å². The molecule has 0 bridgehead atoms. The third kappa shape index (κ3) is 4.41. The predicted octanol–water partition coefficient (Wildman–Crippen LogP) is 1.63. The Labute approximate surface area is 125 Å². The molecule has 1 saturated heterocycles. The Hall–Kier alpha value is -2.17. The fraction of sp³-hybridized carbons (Fsp3) is 0.438. The second-order valence-corrected chi connectivity index (χ2v) is 5.22. The second kappa shape index (κ2) is 7.57. The Morgan fingerprint density at radius 2 is 2.19 bits per heavy atom. The molecule has 1 aliphatic heterocycles. The van der Waals surface area contributed by atoms with E-state index in [1.54, 1.807) is 30.6 Å². The van der Waals surface area contributed by atoms with Gasteiger partial charge >= 0.3 is 0 Å². The Morgan fingerprint density at radius 1 is 1.43 bits per heavy atom. The standard InChI is InChI=1S/C16H21N3O2/c1-2-4-15(20)18-11-13-6-9-19(10-7-13)16(21)14-5-3-8-17-12-14/h2-5,8,12-13H,6-7,9-11H2,1H3,(H,18,20)/b4-2+. The molecular formula is C16H21N3O2. The average molecular weight is 287 g/mol. The van der Waals surface area contributed by atoms with Gasteiger partial charge in [-0.3, -0.25) is 14.6 Å². The van der Waals surface area contributed by atoms with Crippen LogP contribution < -0.4 is 5.32 Å². The van der Waals surface area contributed by atoms with Crippen LogP contribution in [0.15, 0.2) is 36.7 Å². The van der Waals surface area contributed by atoms with E-state index in [9.17, 15) is 9.59 Å². The van der Waals surface area contributed by atoms with Crippen molar-refractivity contribution < 1.29 is 9.59 Å². The lowest BCUT2D eigenvalue weighted by atomic mass is 9.96. The molecule has 0 unspecified atom stereocenters. The molecule has 1 N–H and O–H groups in total. The Balaban J connectivity index is 1.78. The molecule has 0 spiro atoms. The van der Waals surface area contributed by atoms with Crippen LogP contribution in [-0.4, -0.2) is 41.3 Å². The van der Waals surface area contributed by atoms with Gasteiger partial charge in [0, 0.05) is 32.0 Å². The van der Waals surface area contributed by atoms with Crippen LogP contribution >= 0.6 is 0 Å². The number of hydrogen-bond donors (Lipinski definition) is 1. The maximum Gasteiger partial charge on any atom is 0.255 e. The van der Waals surface area contributed by atoms with Gasteiger partial charge in [0.25, 0.3) is 5.91 Å². The van der Waals surface area contributed by atoms with E-state index in [-0.39, 0.29) is 11.8 Å². The Kier molecular flexibility index (Phi) is 5.49. The molecule has 2 rings (SSSR count). The Morgan fingerprint density at radius 3 is 2.81 bits per heavy atom. The fourth-order valence-electron chi connectivity index (χ4n) is 2.47. The van der Waals surface area contributed by atoms with Gasteiger partial charge in [0.15, 0.2) is 0 Å². The van der Waals surface area contributed by atoms with Crippen molar-refractivity contribution in [2.75, 3.05) is 19.6 Å². The van der Waals surface area contributed by atoms with Crippen LogP contribution in [0.2, 0.25) is 0 Å². The van der Waals surface area contributed by atoms with Crippen molar-refractivity contribution in [3.05, 3.63) is 42.2 Å². The minimum Gasteiger partial charge on any atom is -0.352 e. The number of amides is 2. The van der Waals surface area contributed by atoms with Crippen molar-refractivity contribution in [3.63, 3.8) is 0 Å². The summed E-state index contributed by atoms with van der Waals surface area (Å²) in [4.78, 5) is 29.5. The third-order valence-corrected chi connectivity index (χ3v) is 3.69. The number of rotatable bonds is 4. The summed E-state index contributed by atoms with van der Waals surface area (Å²) in [5.74, 6) is 0.433. The first-order chi connectivity index (χ1) is 10.2. The lowest BCUT2D eigenvalue weighted by Crippen LogP contribution is -2.41.